The summed E-state index contributed by atoms with van der Waals surface area (Å²) in [7, 11) is 1.81. The van der Waals surface area contributed by atoms with Crippen LogP contribution < -0.4 is 10.5 Å². The van der Waals surface area contributed by atoms with Crippen molar-refractivity contribution in [3.8, 4) is 5.75 Å². The summed E-state index contributed by atoms with van der Waals surface area (Å²) in [6, 6.07) is 6.96. The van der Waals surface area contributed by atoms with E-state index < -0.39 is 0 Å². The molecule has 0 radical (unpaired) electrons. The Morgan fingerprint density at radius 1 is 1.55 bits per heavy atom. The molecule has 0 saturated heterocycles. The maximum absolute atomic E-state index is 8.66. The molecule has 1 aromatic carbocycles. The molecular formula is C13H15ClN4O2. The third-order valence-corrected chi connectivity index (χ3v) is 3.37. The van der Waals surface area contributed by atoms with Crippen LogP contribution in [0.2, 0.25) is 5.02 Å². The highest BCUT2D eigenvalue weighted by atomic mass is 35.5. The van der Waals surface area contributed by atoms with E-state index in [-0.39, 0.29) is 12.4 Å². The van der Waals surface area contributed by atoms with Gasteiger partial charge < -0.3 is 15.7 Å². The fourth-order valence-electron chi connectivity index (χ4n) is 1.79. The molecule has 2 rings (SSSR count). The molecule has 1 aromatic heterocycles. The molecule has 0 aliphatic heterocycles. The number of aryl methyl sites for hydroxylation is 2. The molecular weight excluding hydrogens is 280 g/mol. The van der Waals surface area contributed by atoms with Crippen molar-refractivity contribution in [3.63, 3.8) is 0 Å². The van der Waals surface area contributed by atoms with Crippen LogP contribution in [0.15, 0.2) is 29.4 Å². The number of hydrogen-bond acceptors (Lipinski definition) is 4. The lowest BCUT2D eigenvalue weighted by atomic mass is 10.2. The first-order chi connectivity index (χ1) is 9.52. The van der Waals surface area contributed by atoms with E-state index in [2.05, 4.69) is 10.3 Å². The Morgan fingerprint density at radius 3 is 2.90 bits per heavy atom. The number of nitrogens with zero attached hydrogens (tertiary/aromatic N) is 3. The monoisotopic (exact) mass is 294 g/mol. The highest BCUT2D eigenvalue weighted by Gasteiger charge is 2.11. The zero-order valence-corrected chi connectivity index (χ0v) is 11.9. The normalized spacial score (nSPS) is 11.7. The molecule has 7 heteroatoms. The molecule has 106 valence electrons. The van der Waals surface area contributed by atoms with Crippen molar-refractivity contribution < 1.29 is 9.94 Å². The summed E-state index contributed by atoms with van der Waals surface area (Å²) in [5.74, 6) is 0.633. The van der Waals surface area contributed by atoms with Gasteiger partial charge in [0.15, 0.2) is 5.84 Å². The summed E-state index contributed by atoms with van der Waals surface area (Å²) in [5.41, 5.74) is 7.66. The molecule has 0 spiro atoms. The highest BCUT2D eigenvalue weighted by molar-refractivity contribution is 6.31. The van der Waals surface area contributed by atoms with Crippen molar-refractivity contribution in [2.45, 2.75) is 13.5 Å². The molecule has 0 aliphatic carbocycles. The average Bonchev–Trinajstić information content (AvgIpc) is 2.69. The zero-order valence-electron chi connectivity index (χ0n) is 11.2. The number of hydrogen-bond donors (Lipinski definition) is 2. The molecule has 1 heterocycles. The van der Waals surface area contributed by atoms with Gasteiger partial charge in [-0.15, -0.1) is 0 Å². The van der Waals surface area contributed by atoms with Crippen molar-refractivity contribution >= 4 is 17.4 Å². The van der Waals surface area contributed by atoms with E-state index >= 15 is 0 Å². The highest BCUT2D eigenvalue weighted by Crippen LogP contribution is 2.22. The fraction of sp³-hybridized carbons (Fsp3) is 0.231. The molecule has 0 atom stereocenters. The number of halogens is 1. The van der Waals surface area contributed by atoms with Gasteiger partial charge in [-0.05, 0) is 19.1 Å². The van der Waals surface area contributed by atoms with Crippen LogP contribution in [-0.2, 0) is 13.7 Å². The molecule has 0 aliphatic rings. The number of nitrogens with two attached hydrogens (primary N) is 1. The van der Waals surface area contributed by atoms with Gasteiger partial charge in [0, 0.05) is 12.6 Å². The summed E-state index contributed by atoms with van der Waals surface area (Å²) in [6.45, 7) is 2.13. The number of oxime groups is 1. The van der Waals surface area contributed by atoms with E-state index in [1.54, 1.807) is 28.9 Å². The van der Waals surface area contributed by atoms with Gasteiger partial charge in [-0.2, -0.15) is 5.10 Å². The maximum atomic E-state index is 8.66. The fourth-order valence-corrected chi connectivity index (χ4v) is 2.01. The molecule has 20 heavy (non-hydrogen) atoms. The Kier molecular flexibility index (Phi) is 4.14. The second-order valence-corrected chi connectivity index (χ2v) is 4.65. The minimum Gasteiger partial charge on any atom is -0.487 e. The van der Waals surface area contributed by atoms with Crippen LogP contribution in [0.25, 0.3) is 0 Å². The summed E-state index contributed by atoms with van der Waals surface area (Å²) in [5, 5.41) is 16.4. The van der Waals surface area contributed by atoms with E-state index in [1.165, 1.54) is 0 Å². The first kappa shape index (κ1) is 14.2. The zero-order chi connectivity index (χ0) is 14.7. The molecule has 0 bridgehead atoms. The van der Waals surface area contributed by atoms with Crippen molar-refractivity contribution in [2.24, 2.45) is 17.9 Å². The number of amidine groups is 1. The van der Waals surface area contributed by atoms with Gasteiger partial charge in [-0.3, -0.25) is 4.68 Å². The predicted octanol–water partition coefficient (Wildman–Crippen LogP) is 2.06. The lowest BCUT2D eigenvalue weighted by Crippen LogP contribution is -2.13. The van der Waals surface area contributed by atoms with Crippen molar-refractivity contribution in [2.75, 3.05) is 0 Å². The molecule has 0 saturated carbocycles. The van der Waals surface area contributed by atoms with Crippen LogP contribution in [0.1, 0.15) is 17.0 Å². The van der Waals surface area contributed by atoms with Gasteiger partial charge in [-0.25, -0.2) is 0 Å². The van der Waals surface area contributed by atoms with Crippen LogP contribution in [-0.4, -0.2) is 20.8 Å². The van der Waals surface area contributed by atoms with Gasteiger partial charge >= 0.3 is 0 Å². The second kappa shape index (κ2) is 5.83. The topological polar surface area (TPSA) is 85.7 Å². The summed E-state index contributed by atoms with van der Waals surface area (Å²) in [6.07, 6.45) is 0. The molecule has 0 amide bonds. The predicted molar refractivity (Wildman–Crippen MR) is 76.2 cm³/mol. The molecule has 2 aromatic rings. The number of rotatable bonds is 4. The quantitative estimate of drug-likeness (QED) is 0.391. The van der Waals surface area contributed by atoms with Crippen molar-refractivity contribution in [1.29, 1.82) is 0 Å². The Morgan fingerprint density at radius 2 is 2.30 bits per heavy atom. The molecule has 6 nitrogen and oxygen atoms in total. The summed E-state index contributed by atoms with van der Waals surface area (Å²) in [4.78, 5) is 0. The van der Waals surface area contributed by atoms with Crippen LogP contribution in [0.3, 0.4) is 0 Å². The summed E-state index contributed by atoms with van der Waals surface area (Å²) < 4.78 is 7.35. The van der Waals surface area contributed by atoms with E-state index in [4.69, 9.17) is 27.3 Å². The van der Waals surface area contributed by atoms with Crippen LogP contribution in [0.5, 0.6) is 5.75 Å². The Labute approximate surface area is 121 Å². The Bertz CT molecular complexity index is 652. The largest absolute Gasteiger partial charge is 0.487 e. The van der Waals surface area contributed by atoms with Gasteiger partial charge in [0.1, 0.15) is 12.4 Å². The van der Waals surface area contributed by atoms with Crippen LogP contribution in [0, 0.1) is 6.92 Å². The van der Waals surface area contributed by atoms with Gasteiger partial charge in [-0.1, -0.05) is 28.9 Å². The third-order valence-electron chi connectivity index (χ3n) is 2.87. The Balaban J connectivity index is 2.15. The van der Waals surface area contributed by atoms with E-state index in [0.717, 1.165) is 11.4 Å². The average molecular weight is 295 g/mol. The second-order valence-electron chi connectivity index (χ2n) is 4.27. The minimum absolute atomic E-state index is 0.0323. The van der Waals surface area contributed by atoms with Gasteiger partial charge in [0.05, 0.1) is 16.4 Å². The minimum atomic E-state index is 0.0323. The first-order valence-electron chi connectivity index (χ1n) is 5.91. The number of ether oxygens (including phenoxy) is 1. The van der Waals surface area contributed by atoms with Crippen LogP contribution in [0.4, 0.5) is 0 Å². The molecule has 3 N–H and O–H groups in total. The van der Waals surface area contributed by atoms with E-state index in [1.807, 2.05) is 14.0 Å². The van der Waals surface area contributed by atoms with Crippen LogP contribution >= 0.6 is 11.6 Å². The lowest BCUT2D eigenvalue weighted by molar-refractivity contribution is 0.295. The van der Waals surface area contributed by atoms with Crippen molar-refractivity contribution in [1.82, 2.24) is 9.78 Å². The van der Waals surface area contributed by atoms with Gasteiger partial charge in [0.25, 0.3) is 0 Å². The smallest absolute Gasteiger partial charge is 0.170 e. The molecule has 0 fully saturated rings. The maximum Gasteiger partial charge on any atom is 0.170 e. The van der Waals surface area contributed by atoms with E-state index in [0.29, 0.717) is 16.3 Å². The lowest BCUT2D eigenvalue weighted by Gasteiger charge is -2.08. The van der Waals surface area contributed by atoms with E-state index in [9.17, 15) is 0 Å². The first-order valence-corrected chi connectivity index (χ1v) is 6.29. The summed E-state index contributed by atoms with van der Waals surface area (Å²) >= 11 is 6.15. The standard InChI is InChI=1S/C13H15ClN4O2/c1-8-12(14)11(18(2)16-8)7-20-10-5-3-4-9(6-10)13(15)17-19/h3-6,19H,7H2,1-2H3,(H2,15,17). The Hall–Kier alpha value is -2.21. The third kappa shape index (κ3) is 2.85. The SMILES string of the molecule is Cc1nn(C)c(COc2cccc(C(N)=NO)c2)c1Cl. The van der Waals surface area contributed by atoms with Crippen molar-refractivity contribution in [3.05, 3.63) is 46.2 Å². The molecule has 0 unspecified atom stereocenters. The van der Waals surface area contributed by atoms with Gasteiger partial charge in [0.2, 0.25) is 0 Å². The number of benzene rings is 1. The number of aromatic nitrogens is 2.